The molecule has 1 radical (unpaired) electrons. The molecule has 0 aliphatic heterocycles. The second-order valence-corrected chi connectivity index (χ2v) is 3.80. The summed E-state index contributed by atoms with van der Waals surface area (Å²) in [4.78, 5) is 0.0522. The van der Waals surface area contributed by atoms with Crippen molar-refractivity contribution >= 4 is 63.1 Å². The summed E-state index contributed by atoms with van der Waals surface area (Å²) in [7, 11) is 0. The van der Waals surface area contributed by atoms with E-state index in [2.05, 4.69) is 20.6 Å². The second-order valence-electron chi connectivity index (χ2n) is 2.79. The summed E-state index contributed by atoms with van der Waals surface area (Å²) in [5, 5.41) is 12.8. The van der Waals surface area contributed by atoms with Crippen LogP contribution < -0.4 is 0 Å². The number of tetrazole rings is 1. The molecule has 4 nitrogen and oxygen atoms in total. The van der Waals surface area contributed by atoms with Gasteiger partial charge in [-0.15, -0.1) is 10.2 Å². The van der Waals surface area contributed by atoms with Gasteiger partial charge >= 0.3 is 6.18 Å². The molecular formula is C8H5F3KN4S. The van der Waals surface area contributed by atoms with Gasteiger partial charge in [0.15, 0.2) is 0 Å². The Bertz CT molecular complexity index is 474. The Morgan fingerprint density at radius 3 is 2.47 bits per heavy atom. The van der Waals surface area contributed by atoms with Crippen molar-refractivity contribution in [2.75, 3.05) is 0 Å². The average Bonchev–Trinajstić information content (AvgIpc) is 2.70. The number of alkyl halides is 3. The van der Waals surface area contributed by atoms with E-state index in [-0.39, 0.29) is 61.4 Å². The van der Waals surface area contributed by atoms with Crippen molar-refractivity contribution in [3.8, 4) is 0 Å². The van der Waals surface area contributed by atoms with Crippen LogP contribution in [0, 0.1) is 0 Å². The minimum absolute atomic E-state index is 0. The monoisotopic (exact) mass is 285 g/mol. The first-order valence-electron chi connectivity index (χ1n) is 4.15. The van der Waals surface area contributed by atoms with Gasteiger partial charge in [0.1, 0.15) is 0 Å². The smallest absolute Gasteiger partial charge is 0.176 e. The molecule has 2 rings (SSSR count). The number of hydrogen-bond acceptors (Lipinski definition) is 4. The quantitative estimate of drug-likeness (QED) is 0.857. The van der Waals surface area contributed by atoms with E-state index in [1.807, 2.05) is 0 Å². The number of halogens is 3. The van der Waals surface area contributed by atoms with Crippen LogP contribution in [0.15, 0.2) is 34.3 Å². The van der Waals surface area contributed by atoms with Gasteiger partial charge in [-0.25, -0.2) is 0 Å². The van der Waals surface area contributed by atoms with Crippen LogP contribution >= 0.6 is 11.8 Å². The van der Waals surface area contributed by atoms with E-state index in [4.69, 9.17) is 0 Å². The maximum Gasteiger partial charge on any atom is 0.417 e. The maximum absolute atomic E-state index is 12.6. The molecule has 0 saturated carbocycles. The van der Waals surface area contributed by atoms with Crippen molar-refractivity contribution in [1.29, 1.82) is 0 Å². The molecule has 0 bridgehead atoms. The molecule has 1 N–H and O–H groups in total. The number of rotatable bonds is 2. The molecule has 1 heterocycles. The van der Waals surface area contributed by atoms with E-state index in [1.54, 1.807) is 0 Å². The van der Waals surface area contributed by atoms with Crippen LogP contribution in [0.5, 0.6) is 0 Å². The van der Waals surface area contributed by atoms with E-state index in [0.717, 1.165) is 17.8 Å². The third-order valence-electron chi connectivity index (χ3n) is 1.72. The molecule has 0 aliphatic carbocycles. The molecule has 0 fully saturated rings. The van der Waals surface area contributed by atoms with Crippen molar-refractivity contribution in [1.82, 2.24) is 20.6 Å². The van der Waals surface area contributed by atoms with Crippen LogP contribution in [-0.4, -0.2) is 72.0 Å². The van der Waals surface area contributed by atoms with Gasteiger partial charge in [0.05, 0.1) is 5.56 Å². The topological polar surface area (TPSA) is 54.5 Å². The van der Waals surface area contributed by atoms with Crippen molar-refractivity contribution < 1.29 is 13.2 Å². The van der Waals surface area contributed by atoms with Crippen molar-refractivity contribution in [2.45, 2.75) is 16.2 Å². The number of hydrogen-bond donors (Lipinski definition) is 1. The van der Waals surface area contributed by atoms with Crippen molar-refractivity contribution in [3.05, 3.63) is 29.8 Å². The second kappa shape index (κ2) is 6.30. The molecular weight excluding hydrogens is 280 g/mol. The van der Waals surface area contributed by atoms with Gasteiger partial charge in [0, 0.05) is 56.3 Å². The van der Waals surface area contributed by atoms with Crippen molar-refractivity contribution in [2.24, 2.45) is 0 Å². The summed E-state index contributed by atoms with van der Waals surface area (Å²) in [6, 6.07) is 5.24. The number of benzene rings is 1. The van der Waals surface area contributed by atoms with Gasteiger partial charge in [-0.3, -0.25) is 0 Å². The van der Waals surface area contributed by atoms with Gasteiger partial charge in [-0.05, 0) is 29.1 Å². The summed E-state index contributed by atoms with van der Waals surface area (Å²) in [6.07, 6.45) is -4.38. The third-order valence-corrected chi connectivity index (χ3v) is 2.65. The molecule has 17 heavy (non-hydrogen) atoms. The fourth-order valence-corrected chi connectivity index (χ4v) is 1.89. The number of nitrogens with zero attached hydrogens (tertiary/aromatic N) is 3. The van der Waals surface area contributed by atoms with Crippen LogP contribution in [0.25, 0.3) is 0 Å². The Balaban J connectivity index is 0.00000144. The Labute approximate surface area is 141 Å². The van der Waals surface area contributed by atoms with Crippen LogP contribution in [0.3, 0.4) is 0 Å². The Morgan fingerprint density at radius 2 is 1.88 bits per heavy atom. The predicted octanol–water partition coefficient (Wildman–Crippen LogP) is 1.99. The zero-order valence-electron chi connectivity index (χ0n) is 8.69. The maximum atomic E-state index is 12.6. The standard InChI is InChI=1S/C8H5F3N4S.K/c9-8(10,11)5-3-1-2-4-6(5)16-7-12-14-15-13-7;/h1-4H,(H,12,13,14,15);. The molecule has 0 atom stereocenters. The van der Waals surface area contributed by atoms with Gasteiger partial charge < -0.3 is 0 Å². The first-order chi connectivity index (χ1) is 7.57. The Kier molecular flexibility index (Phi) is 5.60. The summed E-state index contributed by atoms with van der Waals surface area (Å²) in [5.74, 6) is 0. The normalized spacial score (nSPS) is 11.0. The van der Waals surface area contributed by atoms with Crippen LogP contribution in [-0.2, 0) is 6.18 Å². The molecule has 0 aliphatic rings. The molecule has 2 aromatic rings. The van der Waals surface area contributed by atoms with Gasteiger partial charge in [0.2, 0.25) is 5.16 Å². The van der Waals surface area contributed by atoms with Crippen LogP contribution in [0.4, 0.5) is 13.2 Å². The van der Waals surface area contributed by atoms with E-state index in [9.17, 15) is 13.2 Å². The molecule has 0 saturated heterocycles. The summed E-state index contributed by atoms with van der Waals surface area (Å²) < 4.78 is 37.8. The summed E-state index contributed by atoms with van der Waals surface area (Å²) in [5.41, 5.74) is -0.704. The molecule has 1 aromatic carbocycles. The van der Waals surface area contributed by atoms with Gasteiger partial charge in [0.25, 0.3) is 0 Å². The third kappa shape index (κ3) is 4.04. The molecule has 0 spiro atoms. The average molecular weight is 285 g/mol. The van der Waals surface area contributed by atoms with E-state index in [1.165, 1.54) is 18.2 Å². The largest absolute Gasteiger partial charge is 0.417 e. The molecule has 85 valence electrons. The van der Waals surface area contributed by atoms with E-state index < -0.39 is 11.7 Å². The molecule has 9 heteroatoms. The molecule has 0 amide bonds. The minimum atomic E-state index is -4.38. The zero-order valence-corrected chi connectivity index (χ0v) is 12.6. The van der Waals surface area contributed by atoms with Crippen LogP contribution in [0.1, 0.15) is 5.56 Å². The number of H-pyrrole nitrogens is 1. The van der Waals surface area contributed by atoms with E-state index in [0.29, 0.717) is 0 Å². The Hall–Kier alpha value is 0.0664. The first kappa shape index (κ1) is 15.1. The number of aromatic nitrogens is 4. The first-order valence-corrected chi connectivity index (χ1v) is 4.96. The van der Waals surface area contributed by atoms with Gasteiger partial charge in [-0.2, -0.15) is 18.4 Å². The van der Waals surface area contributed by atoms with E-state index >= 15 is 0 Å². The molecule has 0 unspecified atom stereocenters. The fraction of sp³-hybridized carbons (Fsp3) is 0.125. The summed E-state index contributed by atoms with van der Waals surface area (Å²) in [6.45, 7) is 0. The van der Waals surface area contributed by atoms with Crippen LogP contribution in [0.2, 0.25) is 0 Å². The summed E-state index contributed by atoms with van der Waals surface area (Å²) >= 11 is 0.812. The minimum Gasteiger partial charge on any atom is -0.176 e. The zero-order chi connectivity index (χ0) is 11.6. The predicted molar refractivity (Wildman–Crippen MR) is 55.5 cm³/mol. The Morgan fingerprint density at radius 1 is 1.18 bits per heavy atom. The van der Waals surface area contributed by atoms with Crippen molar-refractivity contribution in [3.63, 3.8) is 0 Å². The SMILES string of the molecule is FC(F)(F)c1ccccc1Sc1nn[nH]n1.[K]. The number of aromatic amines is 1. The van der Waals surface area contributed by atoms with Gasteiger partial charge in [-0.1, -0.05) is 12.1 Å². The fourth-order valence-electron chi connectivity index (χ4n) is 1.08. The number of nitrogens with one attached hydrogen (secondary N) is 1. The molecule has 1 aromatic heterocycles.